The smallest absolute Gasteiger partial charge is 0.368 e. The fourth-order valence-electron chi connectivity index (χ4n) is 2.81. The van der Waals surface area contributed by atoms with Gasteiger partial charge in [-0.15, -0.1) is 5.10 Å². The van der Waals surface area contributed by atoms with Crippen LogP contribution in [0.5, 0.6) is 0 Å². The lowest BCUT2D eigenvalue weighted by Gasteiger charge is -2.13. The third kappa shape index (κ3) is 4.53. The highest BCUT2D eigenvalue weighted by Crippen LogP contribution is 2.18. The van der Waals surface area contributed by atoms with Crippen molar-refractivity contribution in [3.8, 4) is 5.69 Å². The number of tetrazole rings is 1. The van der Waals surface area contributed by atoms with Gasteiger partial charge in [-0.05, 0) is 48.9 Å². The maximum absolute atomic E-state index is 12.3. The molecule has 0 radical (unpaired) electrons. The van der Waals surface area contributed by atoms with Gasteiger partial charge < -0.3 is 4.74 Å². The Morgan fingerprint density at radius 1 is 1.17 bits per heavy atom. The third-order valence-corrected chi connectivity index (χ3v) is 4.67. The zero-order valence-corrected chi connectivity index (χ0v) is 17.9. The lowest BCUT2D eigenvalue weighted by molar-refractivity contribution is 0.282. The summed E-state index contributed by atoms with van der Waals surface area (Å²) in [5.41, 5.74) is 3.61. The second kappa shape index (κ2) is 9.29. The molecule has 158 valence electrons. The molecule has 0 atom stereocenters. The summed E-state index contributed by atoms with van der Waals surface area (Å²) in [5.74, 6) is 0.491. The first-order valence-corrected chi connectivity index (χ1v) is 9.80. The van der Waals surface area contributed by atoms with E-state index >= 15 is 0 Å². The van der Waals surface area contributed by atoms with E-state index in [1.165, 1.54) is 9.36 Å². The summed E-state index contributed by atoms with van der Waals surface area (Å²) in [7, 11) is 1.56. The van der Waals surface area contributed by atoms with Gasteiger partial charge in [-0.2, -0.15) is 19.6 Å². The molecule has 2 aromatic heterocycles. The van der Waals surface area contributed by atoms with Crippen LogP contribution in [0.3, 0.4) is 0 Å². The van der Waals surface area contributed by atoms with Gasteiger partial charge in [-0.3, -0.25) is 4.68 Å². The molecule has 2 heterocycles. The third-order valence-electron chi connectivity index (χ3n) is 4.67. The van der Waals surface area contributed by atoms with E-state index in [0.717, 1.165) is 23.4 Å². The van der Waals surface area contributed by atoms with Crippen LogP contribution < -0.4 is 5.69 Å². The minimum Gasteiger partial charge on any atom is -0.475 e. The zero-order valence-electron chi connectivity index (χ0n) is 17.9. The largest absolute Gasteiger partial charge is 0.475 e. The molecule has 0 aliphatic heterocycles. The Bertz CT molecular complexity index is 1140. The van der Waals surface area contributed by atoms with Crippen molar-refractivity contribution in [2.24, 2.45) is 17.3 Å². The maximum Gasteiger partial charge on any atom is 0.368 e. The molecule has 0 amide bonds. The number of hydrogen-bond acceptors (Lipinski definition) is 7. The maximum atomic E-state index is 12.3. The highest BCUT2D eigenvalue weighted by atomic mass is 16.5. The number of hydrogen-bond donors (Lipinski definition) is 0. The molecule has 0 unspecified atom stereocenters. The van der Waals surface area contributed by atoms with E-state index in [9.17, 15) is 4.79 Å². The van der Waals surface area contributed by atoms with Crippen LogP contribution in [0, 0.1) is 6.92 Å². The quantitative estimate of drug-likeness (QED) is 0.337. The second-order valence-electron chi connectivity index (χ2n) is 6.75. The van der Waals surface area contributed by atoms with Gasteiger partial charge in [0.25, 0.3) is 0 Å². The number of ether oxygens (including phenoxy) is 1. The van der Waals surface area contributed by atoms with E-state index in [0.29, 0.717) is 23.7 Å². The first-order valence-electron chi connectivity index (χ1n) is 9.80. The number of benzene rings is 1. The van der Waals surface area contributed by atoms with Crippen molar-refractivity contribution in [1.82, 2.24) is 29.6 Å². The predicted molar refractivity (Wildman–Crippen MR) is 114 cm³/mol. The van der Waals surface area contributed by atoms with Gasteiger partial charge in [0.15, 0.2) is 0 Å². The number of aromatic nitrogens is 6. The summed E-state index contributed by atoms with van der Waals surface area (Å²) in [6, 6.07) is 7.55. The Hall–Kier alpha value is -3.56. The van der Waals surface area contributed by atoms with Crippen LogP contribution in [0.1, 0.15) is 44.0 Å². The van der Waals surface area contributed by atoms with E-state index in [4.69, 9.17) is 4.74 Å². The molecule has 30 heavy (non-hydrogen) atoms. The monoisotopic (exact) mass is 410 g/mol. The average Bonchev–Trinajstić information content (AvgIpc) is 3.36. The molecule has 10 heteroatoms. The molecular formula is C20H26N8O2. The lowest BCUT2D eigenvalue weighted by Crippen LogP contribution is -2.23. The molecular weight excluding hydrogens is 384 g/mol. The van der Waals surface area contributed by atoms with Crippen LogP contribution in [0.2, 0.25) is 0 Å². The molecule has 0 bridgehead atoms. The molecule has 0 N–H and O–H groups in total. The van der Waals surface area contributed by atoms with Gasteiger partial charge in [0.05, 0.1) is 11.4 Å². The topological polar surface area (TPSA) is 104 Å². The van der Waals surface area contributed by atoms with Crippen molar-refractivity contribution in [3.05, 3.63) is 57.8 Å². The van der Waals surface area contributed by atoms with Gasteiger partial charge in [0.1, 0.15) is 12.3 Å². The highest BCUT2D eigenvalue weighted by Gasteiger charge is 2.14. The summed E-state index contributed by atoms with van der Waals surface area (Å²) < 4.78 is 10.2. The summed E-state index contributed by atoms with van der Waals surface area (Å²) >= 11 is 0. The highest BCUT2D eigenvalue weighted by molar-refractivity contribution is 5.97. The fraction of sp³-hybridized carbons (Fsp3) is 0.400. The van der Waals surface area contributed by atoms with Gasteiger partial charge in [-0.1, -0.05) is 19.1 Å². The van der Waals surface area contributed by atoms with E-state index in [1.54, 1.807) is 7.05 Å². The van der Waals surface area contributed by atoms with Crippen molar-refractivity contribution < 1.29 is 4.74 Å². The van der Waals surface area contributed by atoms with Crippen molar-refractivity contribution in [2.45, 2.75) is 47.3 Å². The SMILES string of the molecule is CCC(=NN=C(C)c1ccn(CC)n1)OCc1c(C)cccc1-n1nnn(C)c1=O. The van der Waals surface area contributed by atoms with E-state index in [-0.39, 0.29) is 12.3 Å². The molecule has 0 saturated carbocycles. The Morgan fingerprint density at radius 3 is 2.60 bits per heavy atom. The van der Waals surface area contributed by atoms with Gasteiger partial charge in [0, 0.05) is 31.8 Å². The van der Waals surface area contributed by atoms with Gasteiger partial charge >= 0.3 is 5.69 Å². The number of rotatable bonds is 7. The van der Waals surface area contributed by atoms with Crippen molar-refractivity contribution >= 4 is 11.6 Å². The second-order valence-corrected chi connectivity index (χ2v) is 6.75. The minimum absolute atomic E-state index is 0.233. The van der Waals surface area contributed by atoms with Crippen molar-refractivity contribution in [3.63, 3.8) is 0 Å². The summed E-state index contributed by atoms with van der Waals surface area (Å²) in [5, 5.41) is 20.7. The normalized spacial score (nSPS) is 12.4. The summed E-state index contributed by atoms with van der Waals surface area (Å²) in [6.07, 6.45) is 2.48. The fourth-order valence-corrected chi connectivity index (χ4v) is 2.81. The Morgan fingerprint density at radius 2 is 1.97 bits per heavy atom. The van der Waals surface area contributed by atoms with E-state index in [1.807, 2.05) is 62.8 Å². The van der Waals surface area contributed by atoms with E-state index < -0.39 is 0 Å². The first-order chi connectivity index (χ1) is 14.4. The zero-order chi connectivity index (χ0) is 21.7. The molecule has 0 aliphatic carbocycles. The molecule has 3 rings (SSSR count). The minimum atomic E-state index is -0.321. The molecule has 10 nitrogen and oxygen atoms in total. The average molecular weight is 410 g/mol. The molecule has 1 aromatic carbocycles. The Labute approximate surface area is 174 Å². The van der Waals surface area contributed by atoms with Crippen molar-refractivity contribution in [1.29, 1.82) is 0 Å². The molecule has 3 aromatic rings. The molecule has 0 spiro atoms. The van der Waals surface area contributed by atoms with Crippen molar-refractivity contribution in [2.75, 3.05) is 0 Å². The summed E-state index contributed by atoms with van der Waals surface area (Å²) in [6.45, 7) is 8.82. The Kier molecular flexibility index (Phi) is 6.55. The van der Waals surface area contributed by atoms with Crippen LogP contribution in [-0.2, 0) is 24.9 Å². The number of nitrogens with zero attached hydrogens (tertiary/aromatic N) is 8. The van der Waals surface area contributed by atoms with Crippen LogP contribution in [0.4, 0.5) is 0 Å². The van der Waals surface area contributed by atoms with Crippen LogP contribution in [-0.4, -0.2) is 41.2 Å². The lowest BCUT2D eigenvalue weighted by atomic mass is 10.1. The molecule has 0 fully saturated rings. The Balaban J connectivity index is 1.81. The van der Waals surface area contributed by atoms with Gasteiger partial charge in [-0.25, -0.2) is 4.79 Å². The number of aryl methyl sites for hydroxylation is 3. The standard InChI is InChI=1S/C20H26N8O2/c1-6-19(22-21-15(4)17-11-12-27(7-2)23-17)30-13-16-14(3)9-8-10-18(16)28-20(29)26(5)24-25-28/h8-12H,6-7,13H2,1-5H3. The van der Waals surface area contributed by atoms with E-state index in [2.05, 4.69) is 25.7 Å². The van der Waals surface area contributed by atoms with Crippen LogP contribution in [0.15, 0.2) is 45.5 Å². The first kappa shape index (κ1) is 21.2. The van der Waals surface area contributed by atoms with Crippen LogP contribution in [0.25, 0.3) is 5.69 Å². The summed E-state index contributed by atoms with van der Waals surface area (Å²) in [4.78, 5) is 12.3. The molecule has 0 saturated heterocycles. The van der Waals surface area contributed by atoms with Crippen LogP contribution >= 0.6 is 0 Å². The molecule has 0 aliphatic rings. The van der Waals surface area contributed by atoms with Gasteiger partial charge in [0.2, 0.25) is 5.90 Å². The predicted octanol–water partition coefficient (Wildman–Crippen LogP) is 2.24.